The summed E-state index contributed by atoms with van der Waals surface area (Å²) in [6.07, 6.45) is 5.36. The van der Waals surface area contributed by atoms with Crippen molar-refractivity contribution in [2.75, 3.05) is 13.1 Å². The molecule has 0 aliphatic heterocycles. The highest BCUT2D eigenvalue weighted by atomic mass is 14.9. The molecule has 0 aromatic rings. The average Bonchev–Trinajstić information content (AvgIpc) is 2.03. The van der Waals surface area contributed by atoms with Crippen LogP contribution in [0.1, 0.15) is 53.4 Å². The van der Waals surface area contributed by atoms with E-state index < -0.39 is 0 Å². The van der Waals surface area contributed by atoms with Crippen molar-refractivity contribution in [1.82, 2.24) is 5.32 Å². The first kappa shape index (κ1) is 13.7. The highest BCUT2D eigenvalue weighted by Gasteiger charge is 2.16. The Morgan fingerprint density at radius 3 is 2.43 bits per heavy atom. The van der Waals surface area contributed by atoms with Crippen LogP contribution in [0, 0.1) is 5.41 Å². The molecule has 1 nitrogen and oxygen atoms in total. The Morgan fingerprint density at radius 1 is 1.29 bits per heavy atom. The van der Waals surface area contributed by atoms with Crippen molar-refractivity contribution in [2.24, 2.45) is 5.41 Å². The summed E-state index contributed by atoms with van der Waals surface area (Å²) >= 11 is 0. The summed E-state index contributed by atoms with van der Waals surface area (Å²) in [5.74, 6) is 0. The molecule has 0 aromatic carbocycles. The molecule has 0 amide bonds. The van der Waals surface area contributed by atoms with Gasteiger partial charge in [0, 0.05) is 13.1 Å². The largest absolute Gasteiger partial charge is 0.312 e. The Hall–Kier alpha value is -0.300. The van der Waals surface area contributed by atoms with Gasteiger partial charge in [-0.05, 0) is 18.8 Å². The van der Waals surface area contributed by atoms with Crippen LogP contribution in [-0.2, 0) is 0 Å². The van der Waals surface area contributed by atoms with Crippen molar-refractivity contribution >= 4 is 0 Å². The van der Waals surface area contributed by atoms with Crippen molar-refractivity contribution in [3.63, 3.8) is 0 Å². The lowest BCUT2D eigenvalue weighted by molar-refractivity contribution is 0.306. The van der Waals surface area contributed by atoms with Gasteiger partial charge in [-0.15, -0.1) is 0 Å². The molecule has 1 heteroatoms. The molecule has 0 aliphatic carbocycles. The topological polar surface area (TPSA) is 12.0 Å². The molecule has 0 saturated heterocycles. The van der Waals surface area contributed by atoms with E-state index >= 15 is 0 Å². The summed E-state index contributed by atoms with van der Waals surface area (Å²) in [7, 11) is 0. The summed E-state index contributed by atoms with van der Waals surface area (Å²) in [6.45, 7) is 14.9. The second-order valence-electron chi connectivity index (χ2n) is 5.18. The monoisotopic (exact) mass is 197 g/mol. The molecule has 84 valence electrons. The van der Waals surface area contributed by atoms with Crippen LogP contribution in [0.3, 0.4) is 0 Å². The minimum Gasteiger partial charge on any atom is -0.312 e. The molecule has 0 unspecified atom stereocenters. The lowest BCUT2D eigenvalue weighted by Crippen LogP contribution is -2.30. The van der Waals surface area contributed by atoms with Crippen LogP contribution in [0.25, 0.3) is 0 Å². The molecule has 1 N–H and O–H groups in total. The van der Waals surface area contributed by atoms with E-state index in [9.17, 15) is 0 Å². The third kappa shape index (κ3) is 8.31. The summed E-state index contributed by atoms with van der Waals surface area (Å²) < 4.78 is 0. The van der Waals surface area contributed by atoms with Crippen molar-refractivity contribution in [3.8, 4) is 0 Å². The molecule has 0 aliphatic rings. The van der Waals surface area contributed by atoms with Crippen molar-refractivity contribution in [3.05, 3.63) is 12.2 Å². The fraction of sp³-hybridized carbons (Fsp3) is 0.846. The molecule has 0 heterocycles. The maximum absolute atomic E-state index is 3.89. The van der Waals surface area contributed by atoms with E-state index in [0.717, 1.165) is 13.1 Å². The first-order chi connectivity index (χ1) is 6.48. The van der Waals surface area contributed by atoms with Gasteiger partial charge in [0.15, 0.2) is 0 Å². The summed E-state index contributed by atoms with van der Waals surface area (Å²) in [4.78, 5) is 0. The van der Waals surface area contributed by atoms with Gasteiger partial charge in [-0.2, -0.15) is 0 Å². The predicted molar refractivity (Wildman–Crippen MR) is 65.6 cm³/mol. The van der Waals surface area contributed by atoms with Crippen LogP contribution >= 0.6 is 0 Å². The number of hydrogen-bond donors (Lipinski definition) is 1. The SMILES string of the molecule is C=C(C)CNCC(C)(C)CCCCC. The molecule has 14 heavy (non-hydrogen) atoms. The number of nitrogens with one attached hydrogen (secondary N) is 1. The van der Waals surface area contributed by atoms with Gasteiger partial charge in [0.2, 0.25) is 0 Å². The van der Waals surface area contributed by atoms with Crippen molar-refractivity contribution < 1.29 is 0 Å². The predicted octanol–water partition coefficient (Wildman–Crippen LogP) is 3.76. The Morgan fingerprint density at radius 2 is 1.93 bits per heavy atom. The lowest BCUT2D eigenvalue weighted by Gasteiger charge is -2.25. The molecule has 0 fully saturated rings. The van der Waals surface area contributed by atoms with E-state index in [-0.39, 0.29) is 0 Å². The molecule has 0 spiro atoms. The lowest BCUT2D eigenvalue weighted by atomic mass is 9.87. The zero-order valence-electron chi connectivity index (χ0n) is 10.4. The maximum atomic E-state index is 3.89. The maximum Gasteiger partial charge on any atom is 0.0159 e. The third-order valence-corrected chi connectivity index (χ3v) is 2.49. The van der Waals surface area contributed by atoms with E-state index in [2.05, 4.69) is 39.6 Å². The van der Waals surface area contributed by atoms with Crippen LogP contribution in [0.15, 0.2) is 12.2 Å². The number of rotatable bonds is 8. The van der Waals surface area contributed by atoms with Crippen LogP contribution < -0.4 is 5.32 Å². The first-order valence-electron chi connectivity index (χ1n) is 5.83. The summed E-state index contributed by atoms with van der Waals surface area (Å²) in [5, 5.41) is 3.45. The Balaban J connectivity index is 3.55. The van der Waals surface area contributed by atoms with Crippen molar-refractivity contribution in [1.29, 1.82) is 0 Å². The van der Waals surface area contributed by atoms with Crippen LogP contribution in [-0.4, -0.2) is 13.1 Å². The molecule has 0 saturated carbocycles. The quantitative estimate of drug-likeness (QED) is 0.461. The van der Waals surface area contributed by atoms with E-state index in [1.807, 2.05) is 0 Å². The number of hydrogen-bond acceptors (Lipinski definition) is 1. The highest BCUT2D eigenvalue weighted by Crippen LogP contribution is 2.22. The van der Waals surface area contributed by atoms with Gasteiger partial charge in [-0.25, -0.2) is 0 Å². The van der Waals surface area contributed by atoms with Crippen LogP contribution in [0.5, 0.6) is 0 Å². The van der Waals surface area contributed by atoms with Gasteiger partial charge in [-0.3, -0.25) is 0 Å². The second-order valence-corrected chi connectivity index (χ2v) is 5.18. The normalized spacial score (nSPS) is 11.7. The van der Waals surface area contributed by atoms with E-state index in [0.29, 0.717) is 5.41 Å². The van der Waals surface area contributed by atoms with Gasteiger partial charge in [0.1, 0.15) is 0 Å². The van der Waals surface area contributed by atoms with Gasteiger partial charge < -0.3 is 5.32 Å². The molecule has 0 atom stereocenters. The molecule has 0 aromatic heterocycles. The smallest absolute Gasteiger partial charge is 0.0159 e. The fourth-order valence-corrected chi connectivity index (χ4v) is 1.56. The van der Waals surface area contributed by atoms with Crippen molar-refractivity contribution in [2.45, 2.75) is 53.4 Å². The van der Waals surface area contributed by atoms with Crippen LogP contribution in [0.2, 0.25) is 0 Å². The third-order valence-electron chi connectivity index (χ3n) is 2.49. The van der Waals surface area contributed by atoms with Gasteiger partial charge in [-0.1, -0.05) is 52.2 Å². The molecular formula is C13H27N. The molecule has 0 bridgehead atoms. The Bertz CT molecular complexity index is 159. The Labute approximate surface area is 90.0 Å². The van der Waals surface area contributed by atoms with E-state index in [4.69, 9.17) is 0 Å². The summed E-state index contributed by atoms with van der Waals surface area (Å²) in [6, 6.07) is 0. The summed E-state index contributed by atoms with van der Waals surface area (Å²) in [5.41, 5.74) is 1.65. The number of unbranched alkanes of at least 4 members (excludes halogenated alkanes) is 2. The minimum atomic E-state index is 0.435. The standard InChI is InChI=1S/C13H27N/c1-6-7-8-9-13(4,5)11-14-10-12(2)3/h14H,2,6-11H2,1,3-5H3. The van der Waals surface area contributed by atoms with Gasteiger partial charge in [0.05, 0.1) is 0 Å². The zero-order chi connectivity index (χ0) is 11.0. The molecule has 0 radical (unpaired) electrons. The van der Waals surface area contributed by atoms with Gasteiger partial charge >= 0.3 is 0 Å². The average molecular weight is 197 g/mol. The highest BCUT2D eigenvalue weighted by molar-refractivity contribution is 4.91. The fourth-order valence-electron chi connectivity index (χ4n) is 1.56. The zero-order valence-corrected chi connectivity index (χ0v) is 10.4. The molecular weight excluding hydrogens is 170 g/mol. The minimum absolute atomic E-state index is 0.435. The molecule has 0 rings (SSSR count). The second kappa shape index (κ2) is 7.05. The van der Waals surface area contributed by atoms with Gasteiger partial charge in [0.25, 0.3) is 0 Å². The first-order valence-corrected chi connectivity index (χ1v) is 5.83. The Kier molecular flexibility index (Phi) is 6.90. The van der Waals surface area contributed by atoms with E-state index in [1.54, 1.807) is 0 Å². The van der Waals surface area contributed by atoms with Crippen LogP contribution in [0.4, 0.5) is 0 Å². The van der Waals surface area contributed by atoms with E-state index in [1.165, 1.54) is 31.3 Å².